The third-order valence-electron chi connectivity index (χ3n) is 3.24. The van der Waals surface area contributed by atoms with Crippen molar-refractivity contribution in [3.63, 3.8) is 0 Å². The summed E-state index contributed by atoms with van der Waals surface area (Å²) < 4.78 is 1.60. The van der Waals surface area contributed by atoms with Gasteiger partial charge in [-0.1, -0.05) is 23.2 Å². The molecule has 2 aromatic rings. The van der Waals surface area contributed by atoms with Crippen LogP contribution in [0.5, 0.6) is 0 Å². The fourth-order valence-electron chi connectivity index (χ4n) is 2.17. The van der Waals surface area contributed by atoms with Gasteiger partial charge in [0.15, 0.2) is 0 Å². The number of aliphatic carboxylic acids is 1. The van der Waals surface area contributed by atoms with Crippen LogP contribution in [0.4, 0.5) is 0 Å². The van der Waals surface area contributed by atoms with E-state index in [2.05, 4.69) is 0 Å². The fraction of sp³-hybridized carbons (Fsp3) is 0.200. The molecule has 0 saturated carbocycles. The van der Waals surface area contributed by atoms with Crippen molar-refractivity contribution in [1.29, 1.82) is 0 Å². The number of carboxylic acid groups (broad SMARTS) is 1. The monoisotopic (exact) mass is 357 g/mol. The maximum atomic E-state index is 12.8. The standard InChI is InChI=1S/C15H13Cl2NO3S/c1-18-9(7-13(19)20)6-12(22-2)14(18)15(21)10-4-3-8(16)5-11(10)17/h3-6H,7H2,1-2H3,(H,19,20). The quantitative estimate of drug-likeness (QED) is 0.650. The molecule has 0 spiro atoms. The van der Waals surface area contributed by atoms with Gasteiger partial charge in [0.05, 0.1) is 11.4 Å². The van der Waals surface area contributed by atoms with Gasteiger partial charge >= 0.3 is 5.97 Å². The van der Waals surface area contributed by atoms with E-state index in [9.17, 15) is 9.59 Å². The zero-order valence-corrected chi connectivity index (χ0v) is 14.2. The van der Waals surface area contributed by atoms with Crippen LogP contribution in [0.2, 0.25) is 10.0 Å². The molecule has 0 aliphatic heterocycles. The average Bonchev–Trinajstić information content (AvgIpc) is 2.74. The summed E-state index contributed by atoms with van der Waals surface area (Å²) in [6.07, 6.45) is 1.69. The van der Waals surface area contributed by atoms with E-state index >= 15 is 0 Å². The van der Waals surface area contributed by atoms with Gasteiger partial charge in [-0.2, -0.15) is 0 Å². The lowest BCUT2D eigenvalue weighted by Gasteiger charge is -2.09. The summed E-state index contributed by atoms with van der Waals surface area (Å²) >= 11 is 13.3. The Kier molecular flexibility index (Phi) is 5.21. The highest BCUT2D eigenvalue weighted by Gasteiger charge is 2.23. The zero-order valence-electron chi connectivity index (χ0n) is 11.9. The first-order valence-electron chi connectivity index (χ1n) is 6.29. The van der Waals surface area contributed by atoms with Gasteiger partial charge in [0, 0.05) is 28.2 Å². The Hall–Kier alpha value is -1.43. The number of ketones is 1. The molecule has 0 fully saturated rings. The Morgan fingerprint density at radius 3 is 2.50 bits per heavy atom. The van der Waals surface area contributed by atoms with Crippen LogP contribution in [0.25, 0.3) is 0 Å². The number of thioether (sulfide) groups is 1. The summed E-state index contributed by atoms with van der Waals surface area (Å²) in [5, 5.41) is 9.67. The second-order valence-corrected chi connectivity index (χ2v) is 6.33. The molecular formula is C15H13Cl2NO3S. The minimum Gasteiger partial charge on any atom is -0.481 e. The molecule has 1 aromatic carbocycles. The number of hydrogen-bond donors (Lipinski definition) is 1. The number of hydrogen-bond acceptors (Lipinski definition) is 3. The highest BCUT2D eigenvalue weighted by atomic mass is 35.5. The molecule has 0 unspecified atom stereocenters. The number of aromatic nitrogens is 1. The van der Waals surface area contributed by atoms with Crippen molar-refractivity contribution in [2.45, 2.75) is 11.3 Å². The molecule has 4 nitrogen and oxygen atoms in total. The molecule has 0 saturated heterocycles. The lowest BCUT2D eigenvalue weighted by molar-refractivity contribution is -0.136. The summed E-state index contributed by atoms with van der Waals surface area (Å²) in [5.41, 5.74) is 1.32. The Balaban J connectivity index is 2.53. The van der Waals surface area contributed by atoms with Crippen LogP contribution in [0.1, 0.15) is 21.7 Å². The molecule has 2 rings (SSSR count). The lowest BCUT2D eigenvalue weighted by Crippen LogP contribution is -2.12. The van der Waals surface area contributed by atoms with Crippen LogP contribution in [-0.2, 0) is 18.3 Å². The van der Waals surface area contributed by atoms with E-state index in [0.29, 0.717) is 22.0 Å². The minimum atomic E-state index is -0.947. The molecule has 0 radical (unpaired) electrons. The number of carbonyl (C=O) groups is 2. The number of rotatable bonds is 5. The minimum absolute atomic E-state index is 0.147. The van der Waals surface area contributed by atoms with Gasteiger partial charge in [-0.15, -0.1) is 11.8 Å². The maximum absolute atomic E-state index is 12.8. The molecule has 1 aromatic heterocycles. The fourth-order valence-corrected chi connectivity index (χ4v) is 3.34. The van der Waals surface area contributed by atoms with Crippen molar-refractivity contribution in [2.24, 2.45) is 7.05 Å². The van der Waals surface area contributed by atoms with Crippen LogP contribution in [0.15, 0.2) is 29.2 Å². The summed E-state index contributed by atoms with van der Waals surface area (Å²) in [4.78, 5) is 24.4. The SMILES string of the molecule is CSc1cc(CC(=O)O)n(C)c1C(=O)c1ccc(Cl)cc1Cl. The predicted octanol–water partition coefficient (Wildman–Crippen LogP) is 3.91. The van der Waals surface area contributed by atoms with Crippen molar-refractivity contribution < 1.29 is 14.7 Å². The van der Waals surface area contributed by atoms with Crippen molar-refractivity contribution in [1.82, 2.24) is 4.57 Å². The average molecular weight is 358 g/mol. The van der Waals surface area contributed by atoms with Gasteiger partial charge in [-0.25, -0.2) is 0 Å². The van der Waals surface area contributed by atoms with Crippen molar-refractivity contribution >= 4 is 46.7 Å². The second-order valence-electron chi connectivity index (χ2n) is 4.64. The Morgan fingerprint density at radius 1 is 1.27 bits per heavy atom. The number of carboxylic acids is 1. The van der Waals surface area contributed by atoms with Gasteiger partial charge in [-0.05, 0) is 30.5 Å². The first kappa shape index (κ1) is 16.9. The van der Waals surface area contributed by atoms with Gasteiger partial charge in [0.1, 0.15) is 5.69 Å². The van der Waals surface area contributed by atoms with Crippen LogP contribution < -0.4 is 0 Å². The van der Waals surface area contributed by atoms with E-state index in [-0.39, 0.29) is 17.2 Å². The molecule has 0 aliphatic rings. The van der Waals surface area contributed by atoms with Crippen LogP contribution in [0, 0.1) is 0 Å². The highest BCUT2D eigenvalue weighted by molar-refractivity contribution is 7.98. The van der Waals surface area contributed by atoms with E-state index in [1.807, 2.05) is 6.26 Å². The molecule has 22 heavy (non-hydrogen) atoms. The number of nitrogens with zero attached hydrogens (tertiary/aromatic N) is 1. The second kappa shape index (κ2) is 6.77. The first-order chi connectivity index (χ1) is 10.3. The normalized spacial score (nSPS) is 10.7. The topological polar surface area (TPSA) is 59.3 Å². The Morgan fingerprint density at radius 2 is 1.95 bits per heavy atom. The number of carbonyl (C=O) groups excluding carboxylic acids is 1. The molecule has 7 heteroatoms. The van der Waals surface area contributed by atoms with Gasteiger partial charge in [0.25, 0.3) is 0 Å². The molecule has 0 bridgehead atoms. The van der Waals surface area contributed by atoms with E-state index in [1.165, 1.54) is 17.8 Å². The number of benzene rings is 1. The van der Waals surface area contributed by atoms with Gasteiger partial charge in [0.2, 0.25) is 5.78 Å². The first-order valence-corrected chi connectivity index (χ1v) is 8.27. The van der Waals surface area contributed by atoms with Crippen LogP contribution in [-0.4, -0.2) is 27.7 Å². The Labute approximate surface area is 142 Å². The third kappa shape index (κ3) is 3.32. The van der Waals surface area contributed by atoms with E-state index in [4.69, 9.17) is 28.3 Å². The molecule has 0 atom stereocenters. The number of halogens is 2. The zero-order chi connectivity index (χ0) is 16.4. The largest absolute Gasteiger partial charge is 0.481 e. The Bertz CT molecular complexity index is 755. The molecule has 0 aliphatic carbocycles. The van der Waals surface area contributed by atoms with Crippen LogP contribution in [0.3, 0.4) is 0 Å². The maximum Gasteiger partial charge on any atom is 0.309 e. The van der Waals surface area contributed by atoms with Crippen LogP contribution >= 0.6 is 35.0 Å². The molecule has 0 amide bonds. The molecule has 116 valence electrons. The molecular weight excluding hydrogens is 345 g/mol. The molecule has 1 N–H and O–H groups in total. The summed E-state index contributed by atoms with van der Waals surface area (Å²) in [6.45, 7) is 0. The van der Waals surface area contributed by atoms with E-state index < -0.39 is 5.97 Å². The summed E-state index contributed by atoms with van der Waals surface area (Å²) in [7, 11) is 1.68. The summed E-state index contributed by atoms with van der Waals surface area (Å²) in [6, 6.07) is 6.40. The summed E-state index contributed by atoms with van der Waals surface area (Å²) in [5.74, 6) is -1.21. The predicted molar refractivity (Wildman–Crippen MR) is 88.4 cm³/mol. The van der Waals surface area contributed by atoms with Gasteiger partial charge in [-0.3, -0.25) is 9.59 Å². The third-order valence-corrected chi connectivity index (χ3v) is 4.54. The van der Waals surface area contributed by atoms with Crippen molar-refractivity contribution in [3.05, 3.63) is 51.3 Å². The van der Waals surface area contributed by atoms with E-state index in [0.717, 1.165) is 4.90 Å². The smallest absolute Gasteiger partial charge is 0.309 e. The van der Waals surface area contributed by atoms with Crippen molar-refractivity contribution in [3.8, 4) is 0 Å². The highest BCUT2D eigenvalue weighted by Crippen LogP contribution is 2.30. The van der Waals surface area contributed by atoms with Crippen molar-refractivity contribution in [2.75, 3.05) is 6.26 Å². The van der Waals surface area contributed by atoms with E-state index in [1.54, 1.807) is 29.8 Å². The lowest BCUT2D eigenvalue weighted by atomic mass is 10.1. The van der Waals surface area contributed by atoms with Gasteiger partial charge < -0.3 is 9.67 Å². The molecule has 1 heterocycles.